The fourth-order valence-corrected chi connectivity index (χ4v) is 5.90. The lowest BCUT2D eigenvalue weighted by Gasteiger charge is -2.40. The number of halogens is 3. The van der Waals surface area contributed by atoms with Crippen LogP contribution >= 0.6 is 11.6 Å². The smallest absolute Gasteiger partial charge is 0.154 e. The summed E-state index contributed by atoms with van der Waals surface area (Å²) in [4.78, 5) is 7.07. The van der Waals surface area contributed by atoms with E-state index in [0.717, 1.165) is 56.5 Å². The summed E-state index contributed by atoms with van der Waals surface area (Å²) in [5.41, 5.74) is 5.08. The minimum absolute atomic E-state index is 0.0315. The van der Waals surface area contributed by atoms with Crippen molar-refractivity contribution in [2.45, 2.75) is 38.5 Å². The monoisotopic (exact) mass is 452 g/mol. The van der Waals surface area contributed by atoms with Crippen LogP contribution in [0.3, 0.4) is 0 Å². The van der Waals surface area contributed by atoms with E-state index in [-0.39, 0.29) is 16.3 Å². The van der Waals surface area contributed by atoms with Gasteiger partial charge in [0.25, 0.3) is 0 Å². The van der Waals surface area contributed by atoms with Crippen LogP contribution in [0.1, 0.15) is 38.5 Å². The zero-order valence-corrected chi connectivity index (χ0v) is 18.4. The van der Waals surface area contributed by atoms with E-state index >= 15 is 0 Å². The molecule has 0 amide bonds. The number of anilines is 1. The Morgan fingerprint density at radius 1 is 1.03 bits per heavy atom. The number of nitrogens with zero attached hydrogens (tertiary/aromatic N) is 4. The summed E-state index contributed by atoms with van der Waals surface area (Å²) >= 11 is 6.23. The van der Waals surface area contributed by atoms with Gasteiger partial charge in [0, 0.05) is 25.1 Å². The van der Waals surface area contributed by atoms with Gasteiger partial charge in [-0.25, -0.2) is 18.3 Å². The van der Waals surface area contributed by atoms with Crippen molar-refractivity contribution in [3.8, 4) is 11.3 Å². The highest BCUT2D eigenvalue weighted by atomic mass is 35.5. The topological polar surface area (TPSA) is 33.4 Å². The molecule has 2 aromatic heterocycles. The lowest BCUT2D eigenvalue weighted by molar-refractivity contribution is 0.231. The van der Waals surface area contributed by atoms with Crippen molar-refractivity contribution in [3.63, 3.8) is 0 Å². The van der Waals surface area contributed by atoms with Crippen molar-refractivity contribution in [1.29, 1.82) is 0 Å². The molecular weight excluding hydrogens is 430 g/mol. The molecule has 6 rings (SSSR count). The number of piperidine rings is 1. The molecule has 0 bridgehead atoms. The van der Waals surface area contributed by atoms with Gasteiger partial charge in [-0.1, -0.05) is 29.3 Å². The van der Waals surface area contributed by atoms with Gasteiger partial charge in [0.2, 0.25) is 0 Å². The fourth-order valence-electron chi connectivity index (χ4n) is 5.67. The van der Waals surface area contributed by atoms with Gasteiger partial charge in [-0.3, -0.25) is 0 Å². The number of rotatable bonds is 2. The molecule has 3 aliphatic rings. The van der Waals surface area contributed by atoms with E-state index in [1.165, 1.54) is 17.2 Å². The lowest BCUT2D eigenvalue weighted by Crippen LogP contribution is -2.40. The Kier molecular flexibility index (Phi) is 4.61. The molecule has 1 fully saturated rings. The summed E-state index contributed by atoms with van der Waals surface area (Å²) in [6.07, 6.45) is 10.9. The molecule has 1 aromatic carbocycles. The minimum Gasteiger partial charge on any atom is -0.355 e. The zero-order valence-electron chi connectivity index (χ0n) is 17.6. The van der Waals surface area contributed by atoms with Crippen LogP contribution < -0.4 is 4.90 Å². The first kappa shape index (κ1) is 19.9. The van der Waals surface area contributed by atoms with Crippen LogP contribution in [0.2, 0.25) is 5.02 Å². The molecule has 3 aromatic rings. The average molecular weight is 453 g/mol. The van der Waals surface area contributed by atoms with E-state index < -0.39 is 5.82 Å². The Bertz CT molecular complexity index is 1280. The number of aromatic nitrogens is 3. The molecule has 0 radical (unpaired) electrons. The van der Waals surface area contributed by atoms with Crippen LogP contribution in [0.5, 0.6) is 0 Å². The molecule has 4 nitrogen and oxygen atoms in total. The Balaban J connectivity index is 1.27. The van der Waals surface area contributed by atoms with Crippen molar-refractivity contribution in [1.82, 2.24) is 14.6 Å². The Labute approximate surface area is 190 Å². The minimum atomic E-state index is -0.461. The van der Waals surface area contributed by atoms with Crippen molar-refractivity contribution in [3.05, 3.63) is 70.5 Å². The van der Waals surface area contributed by atoms with Gasteiger partial charge >= 0.3 is 0 Å². The summed E-state index contributed by atoms with van der Waals surface area (Å²) in [7, 11) is 0. The summed E-state index contributed by atoms with van der Waals surface area (Å²) < 4.78 is 29.6. The van der Waals surface area contributed by atoms with Crippen molar-refractivity contribution in [2.75, 3.05) is 18.0 Å². The second kappa shape index (κ2) is 7.41. The Morgan fingerprint density at radius 3 is 2.72 bits per heavy atom. The number of benzene rings is 1. The first-order valence-corrected chi connectivity index (χ1v) is 11.5. The fraction of sp³-hybridized carbons (Fsp3) is 0.360. The third kappa shape index (κ3) is 3.15. The lowest BCUT2D eigenvalue weighted by atomic mass is 9.75. The third-order valence-corrected chi connectivity index (χ3v) is 7.75. The maximum Gasteiger partial charge on any atom is 0.154 e. The van der Waals surface area contributed by atoms with E-state index in [1.54, 1.807) is 35.1 Å². The first-order chi connectivity index (χ1) is 15.5. The van der Waals surface area contributed by atoms with Gasteiger partial charge < -0.3 is 4.90 Å². The quantitative estimate of drug-likeness (QED) is 0.444. The van der Waals surface area contributed by atoms with Gasteiger partial charge in [0.15, 0.2) is 5.82 Å². The SMILES string of the molecule is FC1=CC2=C(CC1)CC1(CCN(c3ncc(-c4cccc(F)c4Cl)n4nccc34)CC1)C2. The third-order valence-electron chi connectivity index (χ3n) is 7.36. The predicted molar refractivity (Wildman–Crippen MR) is 122 cm³/mol. The normalized spacial score (nSPS) is 20.2. The van der Waals surface area contributed by atoms with Crippen LogP contribution in [-0.4, -0.2) is 27.7 Å². The van der Waals surface area contributed by atoms with E-state index in [1.807, 2.05) is 6.07 Å². The molecule has 1 aliphatic heterocycles. The maximum absolute atomic E-state index is 14.0. The van der Waals surface area contributed by atoms with Crippen LogP contribution in [0.15, 0.2) is 59.7 Å². The molecular formula is C25H23ClF2N4. The Hall–Kier alpha value is -2.73. The number of hydrogen-bond donors (Lipinski definition) is 0. The molecule has 0 saturated carbocycles. The van der Waals surface area contributed by atoms with Crippen LogP contribution in [-0.2, 0) is 0 Å². The summed E-state index contributed by atoms with van der Waals surface area (Å²) in [5, 5.41) is 4.54. The second-order valence-corrected chi connectivity index (χ2v) is 9.64. The highest BCUT2D eigenvalue weighted by Crippen LogP contribution is 2.52. The maximum atomic E-state index is 14.0. The van der Waals surface area contributed by atoms with Gasteiger partial charge in [0.1, 0.15) is 17.2 Å². The molecule has 1 saturated heterocycles. The second-order valence-electron chi connectivity index (χ2n) is 9.26. The van der Waals surface area contributed by atoms with E-state index in [0.29, 0.717) is 17.7 Å². The molecule has 164 valence electrons. The molecule has 3 heterocycles. The van der Waals surface area contributed by atoms with E-state index in [4.69, 9.17) is 16.6 Å². The zero-order chi connectivity index (χ0) is 21.9. The number of allylic oxidation sites excluding steroid dienone is 4. The molecule has 32 heavy (non-hydrogen) atoms. The molecule has 7 heteroatoms. The molecule has 0 N–H and O–H groups in total. The van der Waals surface area contributed by atoms with E-state index in [2.05, 4.69) is 10.00 Å². The van der Waals surface area contributed by atoms with Crippen LogP contribution in [0, 0.1) is 11.2 Å². The number of hydrogen-bond acceptors (Lipinski definition) is 3. The van der Waals surface area contributed by atoms with Gasteiger partial charge in [-0.05, 0) is 61.3 Å². The average Bonchev–Trinajstić information content (AvgIpc) is 3.41. The molecule has 2 aliphatic carbocycles. The van der Waals surface area contributed by atoms with Crippen molar-refractivity contribution in [2.24, 2.45) is 5.41 Å². The van der Waals surface area contributed by atoms with E-state index in [9.17, 15) is 8.78 Å². The van der Waals surface area contributed by atoms with Crippen molar-refractivity contribution < 1.29 is 8.78 Å². The van der Waals surface area contributed by atoms with Crippen molar-refractivity contribution >= 4 is 22.9 Å². The summed E-state index contributed by atoms with van der Waals surface area (Å²) in [6, 6.07) is 6.70. The molecule has 0 unspecified atom stereocenters. The molecule has 0 atom stereocenters. The number of fused-ring (bicyclic) bond motifs is 1. The van der Waals surface area contributed by atoms with Gasteiger partial charge in [-0.15, -0.1) is 0 Å². The largest absolute Gasteiger partial charge is 0.355 e. The standard InChI is InChI=1S/C25H23ClF2N4/c26-23-19(2-1-3-20(23)28)22-15-29-24(21-6-9-30-32(21)22)31-10-7-25(8-11-31)13-16-4-5-18(27)12-17(16)14-25/h1-3,6,9,12,15H,4-5,7-8,10-11,13-14H2. The first-order valence-electron chi connectivity index (χ1n) is 11.1. The summed E-state index contributed by atoms with van der Waals surface area (Å²) in [5.74, 6) is 0.455. The van der Waals surface area contributed by atoms with Crippen LogP contribution in [0.4, 0.5) is 14.6 Å². The summed E-state index contributed by atoms with van der Waals surface area (Å²) in [6.45, 7) is 1.81. The van der Waals surface area contributed by atoms with Gasteiger partial charge in [-0.2, -0.15) is 5.10 Å². The van der Waals surface area contributed by atoms with Crippen LogP contribution in [0.25, 0.3) is 16.8 Å². The Morgan fingerprint density at radius 2 is 1.88 bits per heavy atom. The van der Waals surface area contributed by atoms with Gasteiger partial charge in [0.05, 0.1) is 23.1 Å². The predicted octanol–water partition coefficient (Wildman–Crippen LogP) is 6.51. The highest BCUT2D eigenvalue weighted by Gasteiger charge is 2.41. The molecule has 1 spiro atoms. The highest BCUT2D eigenvalue weighted by molar-refractivity contribution is 6.33.